The lowest BCUT2D eigenvalue weighted by molar-refractivity contribution is 0.601. The Morgan fingerprint density at radius 1 is 0.923 bits per heavy atom. The first-order valence-corrected chi connectivity index (χ1v) is 10.7. The van der Waals surface area contributed by atoms with Crippen LogP contribution >= 0.6 is 0 Å². The van der Waals surface area contributed by atoms with Crippen LogP contribution in [0.1, 0.15) is 6.42 Å². The number of H-pyrrole nitrogens is 1. The molecule has 0 unspecified atom stereocenters. The maximum atomic E-state index is 12.1. The van der Waals surface area contributed by atoms with E-state index in [1.54, 1.807) is 12.1 Å². The second kappa shape index (κ2) is 6.64. The Morgan fingerprint density at radius 2 is 1.62 bits per heavy atom. The largest absolute Gasteiger partial charge is 0.369 e. The zero-order chi connectivity index (χ0) is 18.1. The molecule has 1 aromatic heterocycles. The van der Waals surface area contributed by atoms with Gasteiger partial charge in [-0.25, -0.2) is 13.4 Å². The van der Waals surface area contributed by atoms with E-state index >= 15 is 0 Å². The van der Waals surface area contributed by atoms with Crippen LogP contribution in [0.5, 0.6) is 0 Å². The second-order valence-corrected chi connectivity index (χ2v) is 8.63. The van der Waals surface area contributed by atoms with E-state index in [1.165, 1.54) is 6.26 Å². The fourth-order valence-corrected chi connectivity index (χ4v) is 4.39. The van der Waals surface area contributed by atoms with Crippen molar-refractivity contribution in [3.63, 3.8) is 0 Å². The quantitative estimate of drug-likeness (QED) is 0.768. The Labute approximate surface area is 153 Å². The molecule has 1 fully saturated rings. The molecular formula is C19H22N4O2S. The molecule has 1 aliphatic rings. The van der Waals surface area contributed by atoms with Gasteiger partial charge in [0.1, 0.15) is 0 Å². The molecule has 4 rings (SSSR count). The zero-order valence-electron chi connectivity index (χ0n) is 14.7. The fraction of sp³-hybridized carbons (Fsp3) is 0.316. The number of hydrogen-bond acceptors (Lipinski definition) is 5. The number of anilines is 2. The first-order chi connectivity index (χ1) is 12.5. The van der Waals surface area contributed by atoms with Gasteiger partial charge in [0, 0.05) is 32.4 Å². The summed E-state index contributed by atoms with van der Waals surface area (Å²) in [7, 11) is -3.25. The minimum Gasteiger partial charge on any atom is -0.369 e. The molecule has 0 spiro atoms. The number of imidazole rings is 1. The van der Waals surface area contributed by atoms with Crippen molar-refractivity contribution in [1.82, 2.24) is 9.97 Å². The first kappa shape index (κ1) is 16.9. The van der Waals surface area contributed by atoms with Crippen LogP contribution in [-0.2, 0) is 9.84 Å². The molecule has 2 aromatic carbocycles. The maximum absolute atomic E-state index is 12.1. The van der Waals surface area contributed by atoms with Crippen LogP contribution in [0.2, 0.25) is 0 Å². The van der Waals surface area contributed by atoms with E-state index in [1.807, 2.05) is 36.4 Å². The van der Waals surface area contributed by atoms with E-state index in [4.69, 9.17) is 0 Å². The molecule has 0 bridgehead atoms. The predicted molar refractivity (Wildman–Crippen MR) is 105 cm³/mol. The molecule has 2 heterocycles. The van der Waals surface area contributed by atoms with Crippen LogP contribution in [0.15, 0.2) is 53.4 Å². The first-order valence-electron chi connectivity index (χ1n) is 8.76. The molecule has 3 aromatic rings. The van der Waals surface area contributed by atoms with Gasteiger partial charge < -0.3 is 14.8 Å². The molecule has 0 saturated carbocycles. The van der Waals surface area contributed by atoms with Crippen molar-refractivity contribution in [2.45, 2.75) is 11.3 Å². The van der Waals surface area contributed by atoms with Crippen molar-refractivity contribution in [3.8, 4) is 0 Å². The molecule has 0 aliphatic carbocycles. The number of aromatic amines is 1. The van der Waals surface area contributed by atoms with E-state index in [-0.39, 0.29) is 0 Å². The van der Waals surface area contributed by atoms with Crippen LogP contribution in [0.4, 0.5) is 11.6 Å². The number of fused-ring (bicyclic) bond motifs is 1. The number of nitrogens with zero attached hydrogens (tertiary/aromatic N) is 3. The third-order valence-corrected chi connectivity index (χ3v) is 5.92. The Morgan fingerprint density at radius 3 is 2.42 bits per heavy atom. The van der Waals surface area contributed by atoms with Gasteiger partial charge in [-0.05, 0) is 30.7 Å². The normalized spacial score (nSPS) is 16.0. The SMILES string of the molecule is CS(=O)(=O)c1ccccc1N1CCCN(c2nc3ccccc3[nH]2)CC1. The van der Waals surface area contributed by atoms with Gasteiger partial charge in [-0.2, -0.15) is 0 Å². The summed E-state index contributed by atoms with van der Waals surface area (Å²) in [6, 6.07) is 15.3. The van der Waals surface area contributed by atoms with Gasteiger partial charge >= 0.3 is 0 Å². The summed E-state index contributed by atoms with van der Waals surface area (Å²) >= 11 is 0. The van der Waals surface area contributed by atoms with E-state index in [2.05, 4.69) is 19.8 Å². The zero-order valence-corrected chi connectivity index (χ0v) is 15.5. The van der Waals surface area contributed by atoms with Crippen molar-refractivity contribution in [2.24, 2.45) is 0 Å². The molecule has 6 nitrogen and oxygen atoms in total. The average Bonchev–Trinajstić information content (AvgIpc) is 2.90. The van der Waals surface area contributed by atoms with Crippen LogP contribution in [-0.4, -0.2) is 50.8 Å². The van der Waals surface area contributed by atoms with Crippen molar-refractivity contribution in [1.29, 1.82) is 0 Å². The highest BCUT2D eigenvalue weighted by atomic mass is 32.2. The summed E-state index contributed by atoms with van der Waals surface area (Å²) in [6.45, 7) is 3.25. The molecule has 0 amide bonds. The minimum absolute atomic E-state index is 0.400. The number of para-hydroxylation sites is 3. The predicted octanol–water partition coefficient (Wildman–Crippen LogP) is 2.68. The number of benzene rings is 2. The van der Waals surface area contributed by atoms with Crippen LogP contribution in [0.25, 0.3) is 11.0 Å². The summed E-state index contributed by atoms with van der Waals surface area (Å²) in [5.74, 6) is 0.879. The number of rotatable bonds is 3. The highest BCUT2D eigenvalue weighted by Crippen LogP contribution is 2.27. The van der Waals surface area contributed by atoms with E-state index in [9.17, 15) is 8.42 Å². The van der Waals surface area contributed by atoms with Gasteiger partial charge in [0.15, 0.2) is 9.84 Å². The van der Waals surface area contributed by atoms with Crippen LogP contribution in [0, 0.1) is 0 Å². The average molecular weight is 370 g/mol. The summed E-state index contributed by atoms with van der Waals surface area (Å²) in [5.41, 5.74) is 2.79. The lowest BCUT2D eigenvalue weighted by atomic mass is 10.2. The third-order valence-electron chi connectivity index (χ3n) is 4.78. The molecule has 26 heavy (non-hydrogen) atoms. The lowest BCUT2D eigenvalue weighted by Gasteiger charge is -2.25. The van der Waals surface area contributed by atoms with Gasteiger partial charge in [0.25, 0.3) is 0 Å². The molecule has 7 heteroatoms. The topological polar surface area (TPSA) is 69.3 Å². The van der Waals surface area contributed by atoms with Gasteiger partial charge in [0.05, 0.1) is 21.6 Å². The second-order valence-electron chi connectivity index (χ2n) is 6.65. The molecule has 0 atom stereocenters. The molecule has 1 aliphatic heterocycles. The highest BCUT2D eigenvalue weighted by Gasteiger charge is 2.22. The number of hydrogen-bond donors (Lipinski definition) is 1. The summed E-state index contributed by atoms with van der Waals surface area (Å²) in [4.78, 5) is 12.9. The number of sulfone groups is 1. The summed E-state index contributed by atoms with van der Waals surface area (Å²) in [6.07, 6.45) is 2.21. The van der Waals surface area contributed by atoms with E-state index < -0.39 is 9.84 Å². The maximum Gasteiger partial charge on any atom is 0.203 e. The molecular weight excluding hydrogens is 348 g/mol. The number of nitrogens with one attached hydrogen (secondary N) is 1. The smallest absolute Gasteiger partial charge is 0.203 e. The Hall–Kier alpha value is -2.54. The molecule has 136 valence electrons. The van der Waals surface area contributed by atoms with E-state index in [0.29, 0.717) is 4.90 Å². The van der Waals surface area contributed by atoms with Gasteiger partial charge in [0.2, 0.25) is 5.95 Å². The standard InChI is InChI=1S/C19H22N4O2S/c1-26(24,25)18-10-5-4-9-17(18)22-11-6-12-23(14-13-22)19-20-15-7-2-3-8-16(15)21-19/h2-5,7-10H,6,11-14H2,1H3,(H,20,21). The summed E-state index contributed by atoms with van der Waals surface area (Å²) in [5, 5.41) is 0. The van der Waals surface area contributed by atoms with Crippen molar-refractivity contribution < 1.29 is 8.42 Å². The van der Waals surface area contributed by atoms with Crippen molar-refractivity contribution >= 4 is 32.5 Å². The van der Waals surface area contributed by atoms with Crippen molar-refractivity contribution in [2.75, 3.05) is 42.2 Å². The minimum atomic E-state index is -3.25. The van der Waals surface area contributed by atoms with Crippen LogP contribution < -0.4 is 9.80 Å². The monoisotopic (exact) mass is 370 g/mol. The Bertz CT molecular complexity index is 996. The summed E-state index contributed by atoms with van der Waals surface area (Å²) < 4.78 is 24.2. The molecule has 1 N–H and O–H groups in total. The lowest BCUT2D eigenvalue weighted by Crippen LogP contribution is -2.31. The highest BCUT2D eigenvalue weighted by molar-refractivity contribution is 7.90. The van der Waals surface area contributed by atoms with Gasteiger partial charge in [-0.3, -0.25) is 0 Å². The van der Waals surface area contributed by atoms with Gasteiger partial charge in [-0.1, -0.05) is 24.3 Å². The Kier molecular flexibility index (Phi) is 4.32. The van der Waals surface area contributed by atoms with Gasteiger partial charge in [-0.15, -0.1) is 0 Å². The molecule has 1 saturated heterocycles. The fourth-order valence-electron chi connectivity index (χ4n) is 3.49. The van der Waals surface area contributed by atoms with Crippen LogP contribution in [0.3, 0.4) is 0 Å². The molecule has 0 radical (unpaired) electrons. The Balaban J connectivity index is 1.57. The van der Waals surface area contributed by atoms with Crippen molar-refractivity contribution in [3.05, 3.63) is 48.5 Å². The number of aromatic nitrogens is 2. The third kappa shape index (κ3) is 3.26. The van der Waals surface area contributed by atoms with E-state index in [0.717, 1.165) is 55.3 Å².